The Balaban J connectivity index is 1.54. The van der Waals surface area contributed by atoms with Crippen LogP contribution < -0.4 is 10.2 Å². The molecule has 0 unspecified atom stereocenters. The maximum atomic E-state index is 12.7. The van der Waals surface area contributed by atoms with E-state index in [0.717, 1.165) is 16.9 Å². The molecule has 0 spiro atoms. The van der Waals surface area contributed by atoms with E-state index in [1.165, 1.54) is 6.07 Å². The first-order valence-electron chi connectivity index (χ1n) is 9.65. The zero-order valence-corrected chi connectivity index (χ0v) is 15.8. The zero-order valence-electron chi connectivity index (χ0n) is 15.8. The lowest BCUT2D eigenvalue weighted by molar-refractivity contribution is -0.383. The maximum absolute atomic E-state index is 12.7. The number of allylic oxidation sites excluding steroid dienone is 2. The lowest BCUT2D eigenvalue weighted by Gasteiger charge is -2.16. The molecular weight excluding hydrogens is 370 g/mol. The Morgan fingerprint density at radius 3 is 2.28 bits per heavy atom. The summed E-state index contributed by atoms with van der Waals surface area (Å²) in [5, 5.41) is 14.7. The summed E-state index contributed by atoms with van der Waals surface area (Å²) in [5.74, 6) is -1.28. The molecule has 2 aromatic carbocycles. The molecule has 148 valence electrons. The topological polar surface area (TPSA) is 92.6 Å². The molecule has 0 saturated carbocycles. The van der Waals surface area contributed by atoms with Gasteiger partial charge in [0.25, 0.3) is 5.69 Å². The number of benzene rings is 2. The number of rotatable bonds is 6. The first-order chi connectivity index (χ1) is 14.1. The van der Waals surface area contributed by atoms with Crippen molar-refractivity contribution in [3.05, 3.63) is 76.4 Å². The summed E-state index contributed by atoms with van der Waals surface area (Å²) in [6, 6.07) is 14.3. The van der Waals surface area contributed by atoms with Gasteiger partial charge >= 0.3 is 0 Å². The summed E-state index contributed by atoms with van der Waals surface area (Å²) < 4.78 is 0. The number of amides is 2. The minimum atomic E-state index is -0.492. The zero-order chi connectivity index (χ0) is 20.4. The Bertz CT molecular complexity index is 961. The first kappa shape index (κ1) is 18.9. The minimum absolute atomic E-state index is 0.149. The Kier molecular flexibility index (Phi) is 5.12. The van der Waals surface area contributed by atoms with E-state index in [9.17, 15) is 19.7 Å². The highest BCUT2D eigenvalue weighted by molar-refractivity contribution is 6.22. The SMILES string of the molecule is O=C1[C@@H]2CC=CC[C@H]2C(=O)N1c1ccc(NCCc2ccccc2)c([N+](=O)[O-])c1. The average molecular weight is 391 g/mol. The Morgan fingerprint density at radius 2 is 1.66 bits per heavy atom. The molecule has 7 heteroatoms. The van der Waals surface area contributed by atoms with E-state index in [4.69, 9.17) is 0 Å². The fraction of sp³-hybridized carbons (Fsp3) is 0.273. The van der Waals surface area contributed by atoms with Crippen LogP contribution in [0.15, 0.2) is 60.7 Å². The van der Waals surface area contributed by atoms with Crippen LogP contribution in [0.2, 0.25) is 0 Å². The van der Waals surface area contributed by atoms with E-state index in [1.54, 1.807) is 12.1 Å². The second kappa shape index (κ2) is 7.87. The summed E-state index contributed by atoms with van der Waals surface area (Å²) in [7, 11) is 0. The van der Waals surface area contributed by atoms with Gasteiger partial charge in [-0.15, -0.1) is 0 Å². The van der Waals surface area contributed by atoms with Gasteiger partial charge in [0.15, 0.2) is 0 Å². The van der Waals surface area contributed by atoms with Crippen molar-refractivity contribution in [2.45, 2.75) is 19.3 Å². The lowest BCUT2D eigenvalue weighted by atomic mass is 9.85. The van der Waals surface area contributed by atoms with Gasteiger partial charge in [0.1, 0.15) is 5.69 Å². The number of hydrogen-bond donors (Lipinski definition) is 1. The summed E-state index contributed by atoms with van der Waals surface area (Å²) in [6.07, 6.45) is 5.62. The number of imide groups is 1. The molecule has 29 heavy (non-hydrogen) atoms. The molecule has 4 rings (SSSR count). The predicted molar refractivity (Wildman–Crippen MR) is 110 cm³/mol. The molecule has 2 atom stereocenters. The van der Waals surface area contributed by atoms with E-state index in [-0.39, 0.29) is 35.0 Å². The van der Waals surface area contributed by atoms with Gasteiger partial charge in [-0.3, -0.25) is 19.7 Å². The largest absolute Gasteiger partial charge is 0.379 e. The van der Waals surface area contributed by atoms with Crippen molar-refractivity contribution in [1.29, 1.82) is 0 Å². The van der Waals surface area contributed by atoms with Gasteiger partial charge in [0.05, 0.1) is 22.4 Å². The van der Waals surface area contributed by atoms with Gasteiger partial charge in [-0.1, -0.05) is 42.5 Å². The van der Waals surface area contributed by atoms with Crippen LogP contribution >= 0.6 is 0 Å². The molecule has 0 bridgehead atoms. The highest BCUT2D eigenvalue weighted by Gasteiger charge is 2.48. The van der Waals surface area contributed by atoms with Gasteiger partial charge in [-0.2, -0.15) is 0 Å². The van der Waals surface area contributed by atoms with E-state index in [2.05, 4.69) is 5.32 Å². The van der Waals surface area contributed by atoms with Crippen LogP contribution in [-0.2, 0) is 16.0 Å². The van der Waals surface area contributed by atoms with Crippen molar-refractivity contribution < 1.29 is 14.5 Å². The van der Waals surface area contributed by atoms with Gasteiger partial charge in [0.2, 0.25) is 11.8 Å². The van der Waals surface area contributed by atoms with E-state index in [1.807, 2.05) is 42.5 Å². The highest BCUT2D eigenvalue weighted by atomic mass is 16.6. The molecule has 1 aliphatic carbocycles. The monoisotopic (exact) mass is 391 g/mol. The van der Waals surface area contributed by atoms with Crippen molar-refractivity contribution in [2.75, 3.05) is 16.8 Å². The second-order valence-corrected chi connectivity index (χ2v) is 7.29. The summed E-state index contributed by atoms with van der Waals surface area (Å²) in [5.41, 5.74) is 1.61. The van der Waals surface area contributed by atoms with Crippen molar-refractivity contribution in [2.24, 2.45) is 11.8 Å². The van der Waals surface area contributed by atoms with Gasteiger partial charge in [-0.25, -0.2) is 4.90 Å². The van der Waals surface area contributed by atoms with Crippen LogP contribution in [0.5, 0.6) is 0 Å². The van der Waals surface area contributed by atoms with Crippen molar-refractivity contribution in [3.63, 3.8) is 0 Å². The molecule has 1 N–H and O–H groups in total. The van der Waals surface area contributed by atoms with Crippen LogP contribution in [0.3, 0.4) is 0 Å². The number of carbonyl (C=O) groups is 2. The molecule has 2 amide bonds. The molecule has 1 fully saturated rings. The number of nitro benzene ring substituents is 1. The van der Waals surface area contributed by atoms with E-state index in [0.29, 0.717) is 25.1 Å². The highest BCUT2D eigenvalue weighted by Crippen LogP contribution is 2.39. The van der Waals surface area contributed by atoms with Crippen LogP contribution in [0.25, 0.3) is 0 Å². The number of nitrogens with one attached hydrogen (secondary N) is 1. The predicted octanol–water partition coefficient (Wildman–Crippen LogP) is 3.71. The third kappa shape index (κ3) is 3.63. The Labute approximate surface area is 168 Å². The Morgan fingerprint density at radius 1 is 1.00 bits per heavy atom. The normalized spacial score (nSPS) is 20.6. The number of nitro groups is 1. The number of hydrogen-bond acceptors (Lipinski definition) is 5. The first-order valence-corrected chi connectivity index (χ1v) is 9.65. The van der Waals surface area contributed by atoms with Crippen LogP contribution in [-0.4, -0.2) is 23.3 Å². The molecule has 7 nitrogen and oxygen atoms in total. The number of anilines is 2. The standard InChI is InChI=1S/C22H21N3O4/c26-21-17-8-4-5-9-18(17)22(27)24(21)16-10-11-19(20(14-16)25(28)29)23-13-12-15-6-2-1-3-7-15/h1-7,10-11,14,17-18,23H,8-9,12-13H2/t17-,18-/m1/s1. The quantitative estimate of drug-likeness (QED) is 0.351. The van der Waals surface area contributed by atoms with Crippen molar-refractivity contribution in [1.82, 2.24) is 0 Å². The molecule has 2 aliphatic rings. The number of carbonyl (C=O) groups excluding carboxylic acids is 2. The smallest absolute Gasteiger partial charge is 0.294 e. The summed E-state index contributed by atoms with van der Waals surface area (Å²) in [6.45, 7) is 0.529. The van der Waals surface area contributed by atoms with Gasteiger partial charge < -0.3 is 5.32 Å². The van der Waals surface area contributed by atoms with E-state index < -0.39 is 4.92 Å². The summed E-state index contributed by atoms with van der Waals surface area (Å²) in [4.78, 5) is 37.7. The molecule has 0 aromatic heterocycles. The van der Waals surface area contributed by atoms with Crippen LogP contribution in [0.4, 0.5) is 17.1 Å². The average Bonchev–Trinajstić information content (AvgIpc) is 2.99. The van der Waals surface area contributed by atoms with Gasteiger partial charge in [0, 0.05) is 12.6 Å². The maximum Gasteiger partial charge on any atom is 0.294 e. The lowest BCUT2D eigenvalue weighted by Crippen LogP contribution is -2.30. The van der Waals surface area contributed by atoms with Crippen molar-refractivity contribution >= 4 is 28.9 Å². The van der Waals surface area contributed by atoms with E-state index >= 15 is 0 Å². The van der Waals surface area contributed by atoms with Crippen LogP contribution in [0.1, 0.15) is 18.4 Å². The Hall–Kier alpha value is -3.48. The molecule has 1 aliphatic heterocycles. The third-order valence-corrected chi connectivity index (χ3v) is 5.52. The van der Waals surface area contributed by atoms with Gasteiger partial charge in [-0.05, 0) is 37.0 Å². The fourth-order valence-electron chi connectivity index (χ4n) is 4.00. The van der Waals surface area contributed by atoms with Crippen LogP contribution in [0, 0.1) is 22.0 Å². The fourth-order valence-corrected chi connectivity index (χ4v) is 4.00. The second-order valence-electron chi connectivity index (χ2n) is 7.29. The summed E-state index contributed by atoms with van der Waals surface area (Å²) >= 11 is 0. The molecule has 0 radical (unpaired) electrons. The van der Waals surface area contributed by atoms with Crippen molar-refractivity contribution in [3.8, 4) is 0 Å². The minimum Gasteiger partial charge on any atom is -0.379 e. The molecule has 1 saturated heterocycles. The number of nitrogens with zero attached hydrogens (tertiary/aromatic N) is 2. The third-order valence-electron chi connectivity index (χ3n) is 5.52. The molecular formula is C22H21N3O4. The number of fused-ring (bicyclic) bond motifs is 1. The molecule has 1 heterocycles. The molecule has 2 aromatic rings.